The Hall–Kier alpha value is -1.95. The summed E-state index contributed by atoms with van der Waals surface area (Å²) in [5, 5.41) is 3.26. The Balaban J connectivity index is 1.59. The molecule has 0 spiro atoms. The monoisotopic (exact) mass is 293 g/mol. The van der Waals surface area contributed by atoms with Crippen LogP contribution in [0.5, 0.6) is 5.75 Å². The molecule has 1 aliphatic rings. The van der Waals surface area contributed by atoms with Crippen LogP contribution in [0.1, 0.15) is 30.1 Å². The molecule has 2 aromatic rings. The van der Waals surface area contributed by atoms with Gasteiger partial charge >= 0.3 is 6.61 Å². The first-order valence-electron chi connectivity index (χ1n) is 6.98. The number of hydrogen-bond donors (Lipinski definition) is 1. The molecule has 1 aromatic carbocycles. The number of para-hydroxylation sites is 1. The second kappa shape index (κ2) is 6.22. The first-order chi connectivity index (χ1) is 10.2. The van der Waals surface area contributed by atoms with Gasteiger partial charge in [0.15, 0.2) is 0 Å². The molecular formula is C15H17F2N3O. The van der Waals surface area contributed by atoms with Crippen molar-refractivity contribution in [2.24, 2.45) is 0 Å². The highest BCUT2D eigenvalue weighted by molar-refractivity contribution is 5.33. The van der Waals surface area contributed by atoms with E-state index in [1.807, 2.05) is 18.6 Å². The Morgan fingerprint density at radius 2 is 2.10 bits per heavy atom. The third kappa shape index (κ3) is 3.58. The van der Waals surface area contributed by atoms with E-state index in [-0.39, 0.29) is 5.75 Å². The fraction of sp³-hybridized carbons (Fsp3) is 0.400. The molecule has 0 amide bonds. The van der Waals surface area contributed by atoms with Crippen LogP contribution in [-0.4, -0.2) is 16.2 Å². The second-order valence-electron chi connectivity index (χ2n) is 5.11. The van der Waals surface area contributed by atoms with E-state index < -0.39 is 6.61 Å². The van der Waals surface area contributed by atoms with Gasteiger partial charge in [0.25, 0.3) is 0 Å². The van der Waals surface area contributed by atoms with Crippen molar-refractivity contribution in [1.82, 2.24) is 14.9 Å². The lowest BCUT2D eigenvalue weighted by Crippen LogP contribution is -2.16. The molecule has 0 saturated heterocycles. The number of aromatic nitrogens is 2. The first-order valence-corrected chi connectivity index (χ1v) is 6.98. The van der Waals surface area contributed by atoms with E-state index in [1.54, 1.807) is 18.2 Å². The predicted octanol–water partition coefficient (Wildman–Crippen LogP) is 3.11. The van der Waals surface area contributed by atoms with Crippen molar-refractivity contribution in [3.8, 4) is 5.75 Å². The standard InChI is InChI=1S/C15H17F2N3O/c16-15(17)21-14-4-2-1-3-11(14)7-18-8-13-9-19-10-20(13)12-5-6-12/h1-4,9-10,12,15,18H,5-8H2. The van der Waals surface area contributed by atoms with E-state index in [1.165, 1.54) is 12.8 Å². The maximum atomic E-state index is 12.3. The van der Waals surface area contributed by atoms with Crippen LogP contribution >= 0.6 is 0 Å². The lowest BCUT2D eigenvalue weighted by molar-refractivity contribution is -0.0505. The summed E-state index contributed by atoms with van der Waals surface area (Å²) in [6.07, 6.45) is 6.10. The Labute approximate surface area is 121 Å². The molecule has 4 nitrogen and oxygen atoms in total. The van der Waals surface area contributed by atoms with E-state index >= 15 is 0 Å². The molecule has 1 N–H and O–H groups in total. The van der Waals surface area contributed by atoms with Crippen molar-refractivity contribution in [2.45, 2.75) is 38.6 Å². The number of ether oxygens (including phenoxy) is 1. The molecule has 1 aliphatic carbocycles. The SMILES string of the molecule is FC(F)Oc1ccccc1CNCc1cncn1C1CC1. The van der Waals surface area contributed by atoms with Crippen LogP contribution in [0.15, 0.2) is 36.8 Å². The summed E-state index contributed by atoms with van der Waals surface area (Å²) in [4.78, 5) is 4.17. The van der Waals surface area contributed by atoms with Gasteiger partial charge in [0.2, 0.25) is 0 Å². The third-order valence-electron chi connectivity index (χ3n) is 3.50. The molecule has 6 heteroatoms. The van der Waals surface area contributed by atoms with Gasteiger partial charge in [-0.05, 0) is 18.9 Å². The molecular weight excluding hydrogens is 276 g/mol. The fourth-order valence-electron chi connectivity index (χ4n) is 2.34. The molecule has 1 saturated carbocycles. The van der Waals surface area contributed by atoms with E-state index in [2.05, 4.69) is 19.6 Å². The zero-order chi connectivity index (χ0) is 14.7. The van der Waals surface area contributed by atoms with Crippen LogP contribution in [0.2, 0.25) is 0 Å². The Morgan fingerprint density at radius 3 is 2.86 bits per heavy atom. The molecule has 3 rings (SSSR count). The van der Waals surface area contributed by atoms with Crippen LogP contribution < -0.4 is 10.1 Å². The predicted molar refractivity (Wildman–Crippen MR) is 74.1 cm³/mol. The van der Waals surface area contributed by atoms with Gasteiger partial charge in [0.1, 0.15) is 5.75 Å². The number of hydrogen-bond acceptors (Lipinski definition) is 3. The lowest BCUT2D eigenvalue weighted by atomic mass is 10.2. The molecule has 1 fully saturated rings. The minimum absolute atomic E-state index is 0.218. The van der Waals surface area contributed by atoms with Gasteiger partial charge in [-0.1, -0.05) is 18.2 Å². The van der Waals surface area contributed by atoms with Gasteiger partial charge in [-0.15, -0.1) is 0 Å². The Bertz CT molecular complexity index is 596. The van der Waals surface area contributed by atoms with E-state index in [0.717, 1.165) is 11.3 Å². The second-order valence-corrected chi connectivity index (χ2v) is 5.11. The van der Waals surface area contributed by atoms with Gasteiger partial charge in [-0.25, -0.2) is 4.98 Å². The molecule has 0 radical (unpaired) electrons. The summed E-state index contributed by atoms with van der Waals surface area (Å²) in [6.45, 7) is -1.68. The molecule has 0 bridgehead atoms. The summed E-state index contributed by atoms with van der Waals surface area (Å²) in [5.41, 5.74) is 1.83. The molecule has 1 heterocycles. The van der Waals surface area contributed by atoms with E-state index in [4.69, 9.17) is 0 Å². The topological polar surface area (TPSA) is 39.1 Å². The molecule has 21 heavy (non-hydrogen) atoms. The summed E-state index contributed by atoms with van der Waals surface area (Å²) < 4.78 is 31.4. The lowest BCUT2D eigenvalue weighted by Gasteiger charge is -2.12. The minimum Gasteiger partial charge on any atom is -0.434 e. The number of halogens is 2. The smallest absolute Gasteiger partial charge is 0.387 e. The van der Waals surface area contributed by atoms with Crippen LogP contribution in [0, 0.1) is 0 Å². The number of nitrogens with one attached hydrogen (secondary N) is 1. The van der Waals surface area contributed by atoms with Crippen LogP contribution in [0.4, 0.5) is 8.78 Å². The average Bonchev–Trinajstić information content (AvgIpc) is 3.20. The highest BCUT2D eigenvalue weighted by Crippen LogP contribution is 2.35. The maximum Gasteiger partial charge on any atom is 0.387 e. The van der Waals surface area contributed by atoms with Gasteiger partial charge in [0.05, 0.1) is 12.0 Å². The highest BCUT2D eigenvalue weighted by Gasteiger charge is 2.24. The summed E-state index contributed by atoms with van der Waals surface area (Å²) in [6, 6.07) is 7.41. The zero-order valence-electron chi connectivity index (χ0n) is 11.5. The normalized spacial score (nSPS) is 14.6. The molecule has 112 valence electrons. The quantitative estimate of drug-likeness (QED) is 0.852. The van der Waals surface area contributed by atoms with Crippen molar-refractivity contribution < 1.29 is 13.5 Å². The Kier molecular flexibility index (Phi) is 4.15. The highest BCUT2D eigenvalue weighted by atomic mass is 19.3. The number of rotatable bonds is 7. The number of alkyl halides is 2. The molecule has 1 aromatic heterocycles. The van der Waals surface area contributed by atoms with Crippen LogP contribution in [0.25, 0.3) is 0 Å². The largest absolute Gasteiger partial charge is 0.434 e. The summed E-state index contributed by atoms with van der Waals surface area (Å²) in [7, 11) is 0. The molecule has 0 aliphatic heterocycles. The number of nitrogens with zero attached hydrogens (tertiary/aromatic N) is 2. The number of benzene rings is 1. The molecule has 0 atom stereocenters. The maximum absolute atomic E-state index is 12.3. The third-order valence-corrected chi connectivity index (χ3v) is 3.50. The van der Waals surface area contributed by atoms with E-state index in [0.29, 0.717) is 19.1 Å². The average molecular weight is 293 g/mol. The van der Waals surface area contributed by atoms with Crippen molar-refractivity contribution in [3.05, 3.63) is 48.0 Å². The molecule has 0 unspecified atom stereocenters. The zero-order valence-corrected chi connectivity index (χ0v) is 11.5. The van der Waals surface area contributed by atoms with Gasteiger partial charge in [-0.3, -0.25) is 0 Å². The van der Waals surface area contributed by atoms with Crippen molar-refractivity contribution >= 4 is 0 Å². The minimum atomic E-state index is -2.80. The summed E-state index contributed by atoms with van der Waals surface area (Å²) >= 11 is 0. The van der Waals surface area contributed by atoms with Gasteiger partial charge < -0.3 is 14.6 Å². The fourth-order valence-corrected chi connectivity index (χ4v) is 2.34. The van der Waals surface area contributed by atoms with Gasteiger partial charge in [0, 0.05) is 30.9 Å². The van der Waals surface area contributed by atoms with Crippen molar-refractivity contribution in [1.29, 1.82) is 0 Å². The van der Waals surface area contributed by atoms with E-state index in [9.17, 15) is 8.78 Å². The van der Waals surface area contributed by atoms with Gasteiger partial charge in [-0.2, -0.15) is 8.78 Å². The first kappa shape index (κ1) is 14.0. The summed E-state index contributed by atoms with van der Waals surface area (Å²) in [5.74, 6) is 0.218. The van der Waals surface area contributed by atoms with Crippen molar-refractivity contribution in [2.75, 3.05) is 0 Å². The Morgan fingerprint density at radius 1 is 1.29 bits per heavy atom. The van der Waals surface area contributed by atoms with Crippen LogP contribution in [-0.2, 0) is 13.1 Å². The van der Waals surface area contributed by atoms with Crippen molar-refractivity contribution in [3.63, 3.8) is 0 Å². The van der Waals surface area contributed by atoms with Crippen LogP contribution in [0.3, 0.4) is 0 Å². The number of imidazole rings is 1.